The molecule has 10 aromatic rings. The standard InChI is InChI=1S/C52H35NS/c1-4-14-36(15-5-1)45-30-28-43(34-50(45)38-18-8-3-9-19-38)53(44-29-31-47-46-22-12-13-23-51(46)54-52(47)35-44)42-26-24-39(25-27-42)49-33-41-21-11-10-20-40(41)32-48(49)37-16-6-2-7-17-37/h1-35H. The highest BCUT2D eigenvalue weighted by Crippen LogP contribution is 2.44. The van der Waals surface area contributed by atoms with Gasteiger partial charge >= 0.3 is 0 Å². The fraction of sp³-hybridized carbons (Fsp3) is 0. The Labute approximate surface area is 319 Å². The van der Waals surface area contributed by atoms with Crippen molar-refractivity contribution in [1.29, 1.82) is 0 Å². The zero-order valence-electron chi connectivity index (χ0n) is 29.6. The molecule has 2 heteroatoms. The van der Waals surface area contributed by atoms with Gasteiger partial charge in [-0.3, -0.25) is 0 Å². The molecule has 0 N–H and O–H groups in total. The molecule has 1 nitrogen and oxygen atoms in total. The van der Waals surface area contributed by atoms with Crippen molar-refractivity contribution < 1.29 is 0 Å². The summed E-state index contributed by atoms with van der Waals surface area (Å²) < 4.78 is 2.59. The zero-order valence-corrected chi connectivity index (χ0v) is 30.4. The molecule has 0 amide bonds. The van der Waals surface area contributed by atoms with E-state index < -0.39 is 0 Å². The molecular weight excluding hydrogens is 671 g/mol. The van der Waals surface area contributed by atoms with E-state index in [-0.39, 0.29) is 0 Å². The molecule has 0 fully saturated rings. The smallest absolute Gasteiger partial charge is 0.0476 e. The summed E-state index contributed by atoms with van der Waals surface area (Å²) in [6.07, 6.45) is 0. The van der Waals surface area contributed by atoms with Gasteiger partial charge in [0.05, 0.1) is 0 Å². The largest absolute Gasteiger partial charge is 0.310 e. The average molecular weight is 706 g/mol. The predicted octanol–water partition coefficient (Wildman–Crippen LogP) is 15.3. The van der Waals surface area contributed by atoms with Gasteiger partial charge in [-0.05, 0) is 110 Å². The second-order valence-electron chi connectivity index (χ2n) is 13.7. The monoisotopic (exact) mass is 705 g/mol. The van der Waals surface area contributed by atoms with E-state index in [1.54, 1.807) is 0 Å². The van der Waals surface area contributed by atoms with Crippen LogP contribution in [-0.2, 0) is 0 Å². The number of benzene rings is 9. The molecule has 1 heterocycles. The molecule has 0 unspecified atom stereocenters. The topological polar surface area (TPSA) is 3.24 Å². The summed E-state index contributed by atoms with van der Waals surface area (Å²) in [5.41, 5.74) is 13.0. The van der Waals surface area contributed by atoms with Crippen LogP contribution in [0.15, 0.2) is 212 Å². The maximum absolute atomic E-state index is 2.41. The lowest BCUT2D eigenvalue weighted by molar-refractivity contribution is 1.29. The predicted molar refractivity (Wildman–Crippen MR) is 233 cm³/mol. The van der Waals surface area contributed by atoms with Gasteiger partial charge in [-0.1, -0.05) is 158 Å². The van der Waals surface area contributed by atoms with Crippen molar-refractivity contribution >= 4 is 59.3 Å². The summed E-state index contributed by atoms with van der Waals surface area (Å²) in [4.78, 5) is 2.41. The van der Waals surface area contributed by atoms with Gasteiger partial charge in [-0.25, -0.2) is 0 Å². The Bertz CT molecular complexity index is 2910. The van der Waals surface area contributed by atoms with Gasteiger partial charge in [0.1, 0.15) is 0 Å². The quantitative estimate of drug-likeness (QED) is 0.160. The van der Waals surface area contributed by atoms with Crippen molar-refractivity contribution in [3.8, 4) is 44.5 Å². The van der Waals surface area contributed by atoms with E-state index in [1.807, 2.05) is 11.3 Å². The van der Waals surface area contributed by atoms with Gasteiger partial charge < -0.3 is 4.90 Å². The van der Waals surface area contributed by atoms with E-state index in [4.69, 9.17) is 0 Å². The molecule has 254 valence electrons. The van der Waals surface area contributed by atoms with Crippen LogP contribution in [0, 0.1) is 0 Å². The van der Waals surface area contributed by atoms with Crippen molar-refractivity contribution in [2.75, 3.05) is 4.90 Å². The first kappa shape index (κ1) is 32.0. The maximum Gasteiger partial charge on any atom is 0.0476 e. The number of rotatable bonds is 7. The molecule has 0 atom stereocenters. The Morgan fingerprint density at radius 3 is 1.35 bits per heavy atom. The van der Waals surface area contributed by atoms with Crippen molar-refractivity contribution in [3.63, 3.8) is 0 Å². The molecule has 10 rings (SSSR count). The van der Waals surface area contributed by atoms with Crippen LogP contribution in [0.3, 0.4) is 0 Å². The van der Waals surface area contributed by atoms with Crippen molar-refractivity contribution in [3.05, 3.63) is 212 Å². The van der Waals surface area contributed by atoms with E-state index in [0.717, 1.165) is 17.1 Å². The molecule has 0 aliphatic rings. The molecule has 9 aromatic carbocycles. The van der Waals surface area contributed by atoms with Gasteiger partial charge in [0.2, 0.25) is 0 Å². The third kappa shape index (κ3) is 5.84. The summed E-state index contributed by atoms with van der Waals surface area (Å²) in [5.74, 6) is 0. The first-order valence-electron chi connectivity index (χ1n) is 18.4. The van der Waals surface area contributed by atoms with Crippen LogP contribution in [0.2, 0.25) is 0 Å². The van der Waals surface area contributed by atoms with Crippen LogP contribution in [0.5, 0.6) is 0 Å². The number of hydrogen-bond donors (Lipinski definition) is 0. The molecule has 0 radical (unpaired) electrons. The Hall–Kier alpha value is -6.74. The molecule has 0 saturated carbocycles. The SMILES string of the molecule is c1ccc(-c2ccc(N(c3ccc(-c4cc5ccccc5cc4-c4ccccc4)cc3)c3ccc4c(c3)sc3ccccc34)cc2-c2ccccc2)cc1. The van der Waals surface area contributed by atoms with Gasteiger partial charge in [0.25, 0.3) is 0 Å². The fourth-order valence-electron chi connectivity index (χ4n) is 7.82. The number of fused-ring (bicyclic) bond motifs is 4. The lowest BCUT2D eigenvalue weighted by Crippen LogP contribution is -2.10. The van der Waals surface area contributed by atoms with E-state index in [9.17, 15) is 0 Å². The molecule has 0 aliphatic carbocycles. The summed E-state index contributed by atoms with van der Waals surface area (Å²) in [6.45, 7) is 0. The molecular formula is C52H35NS. The normalized spacial score (nSPS) is 11.3. The number of hydrogen-bond acceptors (Lipinski definition) is 2. The second kappa shape index (κ2) is 13.7. The minimum atomic E-state index is 1.10. The van der Waals surface area contributed by atoms with E-state index in [2.05, 4.69) is 217 Å². The second-order valence-corrected chi connectivity index (χ2v) is 14.8. The number of anilines is 3. The van der Waals surface area contributed by atoms with Crippen LogP contribution >= 0.6 is 11.3 Å². The van der Waals surface area contributed by atoms with Crippen LogP contribution in [0.1, 0.15) is 0 Å². The minimum absolute atomic E-state index is 1.10. The highest BCUT2D eigenvalue weighted by molar-refractivity contribution is 7.25. The third-order valence-electron chi connectivity index (χ3n) is 10.5. The Morgan fingerprint density at radius 2 is 0.722 bits per heavy atom. The Morgan fingerprint density at radius 1 is 0.278 bits per heavy atom. The first-order chi connectivity index (χ1) is 26.8. The van der Waals surface area contributed by atoms with Crippen molar-refractivity contribution in [2.45, 2.75) is 0 Å². The summed E-state index contributed by atoms with van der Waals surface area (Å²) in [7, 11) is 0. The van der Waals surface area contributed by atoms with Gasteiger partial charge in [0.15, 0.2) is 0 Å². The molecule has 0 bridgehead atoms. The van der Waals surface area contributed by atoms with Crippen molar-refractivity contribution in [1.82, 2.24) is 0 Å². The first-order valence-corrected chi connectivity index (χ1v) is 19.2. The van der Waals surface area contributed by atoms with Crippen molar-refractivity contribution in [2.24, 2.45) is 0 Å². The molecule has 1 aromatic heterocycles. The number of nitrogens with zero attached hydrogens (tertiary/aromatic N) is 1. The molecule has 0 saturated heterocycles. The Balaban J connectivity index is 1.15. The van der Waals surface area contributed by atoms with Gasteiger partial charge in [-0.15, -0.1) is 11.3 Å². The van der Waals surface area contributed by atoms with E-state index in [1.165, 1.54) is 75.5 Å². The lowest BCUT2D eigenvalue weighted by atomic mass is 9.91. The summed E-state index contributed by atoms with van der Waals surface area (Å²) >= 11 is 1.86. The highest BCUT2D eigenvalue weighted by Gasteiger charge is 2.19. The van der Waals surface area contributed by atoms with Gasteiger partial charge in [-0.2, -0.15) is 0 Å². The van der Waals surface area contributed by atoms with E-state index >= 15 is 0 Å². The minimum Gasteiger partial charge on any atom is -0.310 e. The zero-order chi connectivity index (χ0) is 35.8. The molecule has 0 aliphatic heterocycles. The lowest BCUT2D eigenvalue weighted by Gasteiger charge is -2.27. The average Bonchev–Trinajstić information content (AvgIpc) is 3.62. The van der Waals surface area contributed by atoms with Gasteiger partial charge in [0, 0.05) is 37.2 Å². The van der Waals surface area contributed by atoms with Crippen LogP contribution < -0.4 is 4.90 Å². The molecule has 54 heavy (non-hydrogen) atoms. The van der Waals surface area contributed by atoms with Crippen LogP contribution in [-0.4, -0.2) is 0 Å². The van der Waals surface area contributed by atoms with Crippen LogP contribution in [0.4, 0.5) is 17.1 Å². The maximum atomic E-state index is 2.41. The van der Waals surface area contributed by atoms with E-state index in [0.29, 0.717) is 0 Å². The van der Waals surface area contributed by atoms with Crippen LogP contribution in [0.25, 0.3) is 75.5 Å². The summed E-state index contributed by atoms with van der Waals surface area (Å²) in [5, 5.41) is 5.08. The highest BCUT2D eigenvalue weighted by atomic mass is 32.1. The summed E-state index contributed by atoms with van der Waals surface area (Å²) in [6, 6.07) is 77.2. The molecule has 0 spiro atoms. The Kier molecular flexibility index (Phi) is 8.09. The number of thiophene rings is 1. The fourth-order valence-corrected chi connectivity index (χ4v) is 8.96. The third-order valence-corrected chi connectivity index (χ3v) is 11.6.